The second-order valence-corrected chi connectivity index (χ2v) is 6.17. The van der Waals surface area contributed by atoms with Gasteiger partial charge in [-0.05, 0) is 23.8 Å². The molecule has 7 heteroatoms. The molecule has 0 aliphatic carbocycles. The number of hydrogen-bond donors (Lipinski definition) is 1. The van der Waals surface area contributed by atoms with E-state index in [2.05, 4.69) is 0 Å². The summed E-state index contributed by atoms with van der Waals surface area (Å²) in [5.74, 6) is -0.286. The largest absolute Gasteiger partial charge is 0.424 e. The van der Waals surface area contributed by atoms with Gasteiger partial charge >= 0.3 is 13.8 Å². The third-order valence-electron chi connectivity index (χ3n) is 2.63. The molecule has 21 heavy (non-hydrogen) atoms. The van der Waals surface area contributed by atoms with Gasteiger partial charge in [0, 0.05) is 0 Å². The zero-order chi connectivity index (χ0) is 15.5. The second kappa shape index (κ2) is 5.92. The predicted octanol–water partition coefficient (Wildman–Crippen LogP) is 4.47. The van der Waals surface area contributed by atoms with E-state index in [9.17, 15) is 22.6 Å². The van der Waals surface area contributed by atoms with E-state index in [1.807, 2.05) is 0 Å². The number of alkyl halides is 3. The van der Waals surface area contributed by atoms with Crippen LogP contribution in [0.3, 0.4) is 0 Å². The Morgan fingerprint density at radius 1 is 1.05 bits per heavy atom. The molecule has 0 aliphatic heterocycles. The molecule has 112 valence electrons. The lowest BCUT2D eigenvalue weighted by Gasteiger charge is -2.15. The van der Waals surface area contributed by atoms with Crippen molar-refractivity contribution >= 4 is 7.60 Å². The maximum atomic E-state index is 12.6. The summed E-state index contributed by atoms with van der Waals surface area (Å²) in [6.07, 6.45) is -4.80. The smallest absolute Gasteiger partial charge is 0.416 e. The predicted molar refractivity (Wildman–Crippen MR) is 72.0 cm³/mol. The molecule has 0 saturated heterocycles. The third-order valence-corrected chi connectivity index (χ3v) is 3.90. The van der Waals surface area contributed by atoms with Crippen LogP contribution in [0.2, 0.25) is 0 Å². The molecule has 2 aromatic rings. The highest BCUT2D eigenvalue weighted by atomic mass is 31.2. The molecule has 0 saturated carbocycles. The highest BCUT2D eigenvalue weighted by molar-refractivity contribution is 7.52. The topological polar surface area (TPSA) is 46.5 Å². The van der Waals surface area contributed by atoms with Crippen LogP contribution >= 0.6 is 7.60 Å². The Morgan fingerprint density at radius 2 is 1.71 bits per heavy atom. The van der Waals surface area contributed by atoms with Crippen LogP contribution in [0.15, 0.2) is 54.6 Å². The molecule has 0 radical (unpaired) electrons. The monoisotopic (exact) mass is 316 g/mol. The van der Waals surface area contributed by atoms with Crippen LogP contribution in [0.5, 0.6) is 5.75 Å². The van der Waals surface area contributed by atoms with Crippen molar-refractivity contribution < 1.29 is 27.2 Å². The Hall–Kier alpha value is -1.78. The first kappa shape index (κ1) is 15.6. The molecule has 0 aromatic heterocycles. The molecule has 1 N–H and O–H groups in total. The van der Waals surface area contributed by atoms with Crippen molar-refractivity contribution in [1.82, 2.24) is 0 Å². The van der Waals surface area contributed by atoms with Gasteiger partial charge in [0.25, 0.3) is 0 Å². The van der Waals surface area contributed by atoms with Gasteiger partial charge in [0.15, 0.2) is 0 Å². The maximum Gasteiger partial charge on any atom is 0.416 e. The average molecular weight is 316 g/mol. The van der Waals surface area contributed by atoms with Crippen molar-refractivity contribution in [3.8, 4) is 5.75 Å². The molecule has 2 rings (SSSR count). The van der Waals surface area contributed by atoms with Crippen molar-refractivity contribution in [2.45, 2.75) is 12.3 Å². The summed E-state index contributed by atoms with van der Waals surface area (Å²) in [4.78, 5) is 9.77. The fraction of sp³-hybridized carbons (Fsp3) is 0.143. The summed E-state index contributed by atoms with van der Waals surface area (Å²) in [5.41, 5.74) is -0.366. The van der Waals surface area contributed by atoms with E-state index in [4.69, 9.17) is 4.52 Å². The van der Waals surface area contributed by atoms with Crippen LogP contribution in [-0.4, -0.2) is 4.89 Å². The van der Waals surface area contributed by atoms with Crippen LogP contribution in [-0.2, 0) is 16.9 Å². The molecule has 2 aromatic carbocycles. The minimum atomic E-state index is -4.53. The second-order valence-electron chi connectivity index (χ2n) is 4.40. The van der Waals surface area contributed by atoms with Crippen molar-refractivity contribution in [2.24, 2.45) is 0 Å². The lowest BCUT2D eigenvalue weighted by Crippen LogP contribution is -2.05. The van der Waals surface area contributed by atoms with Crippen LogP contribution < -0.4 is 4.52 Å². The van der Waals surface area contributed by atoms with Gasteiger partial charge in [-0.1, -0.05) is 36.4 Å². The fourth-order valence-corrected chi connectivity index (χ4v) is 2.92. The Kier molecular flexibility index (Phi) is 4.40. The molecule has 1 unspecified atom stereocenters. The van der Waals surface area contributed by atoms with Crippen LogP contribution in [0.4, 0.5) is 13.2 Å². The number of hydrogen-bond acceptors (Lipinski definition) is 2. The first-order chi connectivity index (χ1) is 9.76. The fourth-order valence-electron chi connectivity index (χ4n) is 1.74. The minimum Gasteiger partial charge on any atom is -0.424 e. The van der Waals surface area contributed by atoms with Gasteiger partial charge in [0.05, 0.1) is 11.7 Å². The standard InChI is InChI=1S/C14H12F3O3P/c15-14(16,17)12-7-4-8-13(9-12)20-21(18,19)10-11-5-2-1-3-6-11/h1-9H,10H2,(H,18,19). The molecule has 0 spiro atoms. The summed E-state index contributed by atoms with van der Waals surface area (Å²) in [5, 5.41) is 0. The molecule has 0 bridgehead atoms. The molecule has 0 aliphatic rings. The highest BCUT2D eigenvalue weighted by Gasteiger charge is 2.31. The number of rotatable bonds is 4. The average Bonchev–Trinajstić information content (AvgIpc) is 2.38. The van der Waals surface area contributed by atoms with Gasteiger partial charge in [0.2, 0.25) is 0 Å². The van der Waals surface area contributed by atoms with E-state index >= 15 is 0 Å². The molecule has 0 fully saturated rings. The zero-order valence-electron chi connectivity index (χ0n) is 10.7. The number of benzene rings is 2. The first-order valence-electron chi connectivity index (χ1n) is 5.99. The Labute approximate surface area is 119 Å². The normalized spacial score (nSPS) is 14.5. The lowest BCUT2D eigenvalue weighted by atomic mass is 10.2. The summed E-state index contributed by atoms with van der Waals surface area (Å²) in [7, 11) is -4.08. The van der Waals surface area contributed by atoms with Crippen LogP contribution in [0, 0.1) is 0 Å². The summed E-state index contributed by atoms with van der Waals surface area (Å²) < 4.78 is 54.5. The Bertz CT molecular complexity index is 656. The summed E-state index contributed by atoms with van der Waals surface area (Å²) in [6, 6.07) is 12.3. The van der Waals surface area contributed by atoms with Crippen molar-refractivity contribution in [3.63, 3.8) is 0 Å². The van der Waals surface area contributed by atoms with Gasteiger partial charge in [0.1, 0.15) is 5.75 Å². The molecule has 3 nitrogen and oxygen atoms in total. The third kappa shape index (κ3) is 4.62. The van der Waals surface area contributed by atoms with Gasteiger partial charge in [-0.2, -0.15) is 13.2 Å². The SMILES string of the molecule is O=P(O)(Cc1ccccc1)Oc1cccc(C(F)(F)F)c1. The van der Waals surface area contributed by atoms with Crippen molar-refractivity contribution in [3.05, 3.63) is 65.7 Å². The number of halogens is 3. The summed E-state index contributed by atoms with van der Waals surface area (Å²) in [6.45, 7) is 0. The zero-order valence-corrected chi connectivity index (χ0v) is 11.6. The van der Waals surface area contributed by atoms with Crippen molar-refractivity contribution in [2.75, 3.05) is 0 Å². The molecular formula is C14H12F3O3P. The molecule has 1 atom stereocenters. The van der Waals surface area contributed by atoms with E-state index in [-0.39, 0.29) is 11.9 Å². The lowest BCUT2D eigenvalue weighted by molar-refractivity contribution is -0.137. The Morgan fingerprint density at radius 3 is 2.33 bits per heavy atom. The van der Waals surface area contributed by atoms with E-state index in [0.717, 1.165) is 12.1 Å². The van der Waals surface area contributed by atoms with Crippen LogP contribution in [0.25, 0.3) is 0 Å². The van der Waals surface area contributed by atoms with Crippen molar-refractivity contribution in [1.29, 1.82) is 0 Å². The van der Waals surface area contributed by atoms with E-state index in [1.54, 1.807) is 30.3 Å². The maximum absolute atomic E-state index is 12.6. The minimum absolute atomic E-state index is 0.274. The molecular weight excluding hydrogens is 304 g/mol. The quantitative estimate of drug-likeness (QED) is 0.847. The van der Waals surface area contributed by atoms with Gasteiger partial charge in [-0.3, -0.25) is 0 Å². The van der Waals surface area contributed by atoms with Gasteiger partial charge in [-0.25, -0.2) is 4.57 Å². The highest BCUT2D eigenvalue weighted by Crippen LogP contribution is 2.46. The van der Waals surface area contributed by atoms with E-state index < -0.39 is 19.3 Å². The summed E-state index contributed by atoms with van der Waals surface area (Å²) >= 11 is 0. The van der Waals surface area contributed by atoms with Crippen LogP contribution in [0.1, 0.15) is 11.1 Å². The molecule has 0 amide bonds. The van der Waals surface area contributed by atoms with Gasteiger partial charge < -0.3 is 9.42 Å². The van der Waals surface area contributed by atoms with E-state index in [0.29, 0.717) is 11.6 Å². The van der Waals surface area contributed by atoms with E-state index in [1.165, 1.54) is 6.07 Å². The van der Waals surface area contributed by atoms with Gasteiger partial charge in [-0.15, -0.1) is 0 Å². The Balaban J connectivity index is 2.15. The molecule has 0 heterocycles. The first-order valence-corrected chi connectivity index (χ1v) is 7.75.